The molecule has 66 valence electrons. The zero-order chi connectivity index (χ0) is 9.14. The number of esters is 1. The Hall–Kier alpha value is -1.59. The number of amidine groups is 2. The largest absolute Gasteiger partial charge is 0.465 e. The van der Waals surface area contributed by atoms with Crippen LogP contribution in [0.25, 0.3) is 0 Å². The van der Waals surface area contributed by atoms with Crippen LogP contribution in [0.1, 0.15) is 6.92 Å². The maximum atomic E-state index is 11.1. The number of nitrogens with zero attached hydrogens (tertiary/aromatic N) is 2. The first-order valence-corrected chi connectivity index (χ1v) is 3.49. The van der Waals surface area contributed by atoms with E-state index in [1.807, 2.05) is 0 Å². The maximum Gasteiger partial charge on any atom is 0.324 e. The molecule has 0 radical (unpaired) electrons. The molecule has 0 bridgehead atoms. The summed E-state index contributed by atoms with van der Waals surface area (Å²) in [4.78, 5) is 11.1. The average molecular weight is 170 g/mol. The second-order valence-electron chi connectivity index (χ2n) is 2.23. The van der Waals surface area contributed by atoms with Crippen molar-refractivity contribution < 1.29 is 9.53 Å². The molecule has 12 heavy (non-hydrogen) atoms. The highest BCUT2D eigenvalue weighted by Gasteiger charge is 2.31. The van der Waals surface area contributed by atoms with Gasteiger partial charge in [0.25, 0.3) is 0 Å². The van der Waals surface area contributed by atoms with Crippen LogP contribution < -0.4 is 11.5 Å². The minimum Gasteiger partial charge on any atom is -0.465 e. The van der Waals surface area contributed by atoms with E-state index < -0.39 is 11.9 Å². The van der Waals surface area contributed by atoms with Gasteiger partial charge in [0.05, 0.1) is 6.61 Å². The van der Waals surface area contributed by atoms with E-state index in [1.165, 1.54) is 0 Å². The average Bonchev–Trinajstić information content (AvgIpc) is 2.32. The summed E-state index contributed by atoms with van der Waals surface area (Å²) in [5.74, 6) is -1.11. The third-order valence-electron chi connectivity index (χ3n) is 1.39. The van der Waals surface area contributed by atoms with Gasteiger partial charge < -0.3 is 16.2 Å². The van der Waals surface area contributed by atoms with E-state index in [9.17, 15) is 4.79 Å². The molecule has 0 aromatic heterocycles. The molecule has 6 heteroatoms. The van der Waals surface area contributed by atoms with Crippen LogP contribution in [0.5, 0.6) is 0 Å². The fourth-order valence-corrected chi connectivity index (χ4v) is 0.850. The first kappa shape index (κ1) is 8.51. The minimum absolute atomic E-state index is 0.0888. The van der Waals surface area contributed by atoms with Crippen LogP contribution in [-0.2, 0) is 9.53 Å². The second kappa shape index (κ2) is 3.21. The number of ether oxygens (including phenoxy) is 1. The number of carbonyl (C=O) groups excluding carboxylic acids is 1. The van der Waals surface area contributed by atoms with Gasteiger partial charge in [0, 0.05) is 0 Å². The van der Waals surface area contributed by atoms with Gasteiger partial charge in [-0.2, -0.15) is 0 Å². The maximum absolute atomic E-state index is 11.1. The molecule has 0 fully saturated rings. The van der Waals surface area contributed by atoms with Gasteiger partial charge in [0.2, 0.25) is 0 Å². The zero-order valence-corrected chi connectivity index (χ0v) is 6.65. The van der Waals surface area contributed by atoms with Crippen molar-refractivity contribution in [3.05, 3.63) is 0 Å². The molecule has 4 N–H and O–H groups in total. The van der Waals surface area contributed by atoms with Gasteiger partial charge in [-0.3, -0.25) is 4.79 Å². The van der Waals surface area contributed by atoms with Crippen LogP contribution >= 0.6 is 0 Å². The molecule has 6 nitrogen and oxygen atoms in total. The second-order valence-corrected chi connectivity index (χ2v) is 2.23. The zero-order valence-electron chi connectivity index (χ0n) is 6.65. The number of carbonyl (C=O) groups is 1. The highest BCUT2D eigenvalue weighted by molar-refractivity contribution is 6.20. The van der Waals surface area contributed by atoms with Gasteiger partial charge in [-0.15, -0.1) is 10.2 Å². The highest BCUT2D eigenvalue weighted by Crippen LogP contribution is 2.07. The molecule has 0 unspecified atom stereocenters. The van der Waals surface area contributed by atoms with Crippen LogP contribution in [0.3, 0.4) is 0 Å². The molecule has 0 aliphatic carbocycles. The van der Waals surface area contributed by atoms with Crippen LogP contribution in [0, 0.1) is 5.92 Å². The molecule has 0 aromatic carbocycles. The van der Waals surface area contributed by atoms with Gasteiger partial charge in [0.15, 0.2) is 5.92 Å². The predicted octanol–water partition coefficient (Wildman–Crippen LogP) is -1.19. The molecular weight excluding hydrogens is 160 g/mol. The van der Waals surface area contributed by atoms with Crippen LogP contribution in [0.4, 0.5) is 0 Å². The van der Waals surface area contributed by atoms with Crippen LogP contribution in [0.2, 0.25) is 0 Å². The summed E-state index contributed by atoms with van der Waals surface area (Å²) in [6.07, 6.45) is 0. The third kappa shape index (κ3) is 1.36. The van der Waals surface area contributed by atoms with Crippen LogP contribution in [-0.4, -0.2) is 24.2 Å². The van der Waals surface area contributed by atoms with E-state index in [2.05, 4.69) is 10.2 Å². The summed E-state index contributed by atoms with van der Waals surface area (Å²) in [7, 11) is 0. The van der Waals surface area contributed by atoms with E-state index >= 15 is 0 Å². The Morgan fingerprint density at radius 3 is 2.42 bits per heavy atom. The molecule has 1 aliphatic rings. The Bertz CT molecular complexity index is 240. The van der Waals surface area contributed by atoms with Crippen LogP contribution in [0.15, 0.2) is 10.2 Å². The lowest BCUT2D eigenvalue weighted by molar-refractivity contribution is -0.143. The molecular formula is C6H10N4O2. The van der Waals surface area contributed by atoms with Crippen molar-refractivity contribution >= 4 is 17.6 Å². The molecule has 0 spiro atoms. The topological polar surface area (TPSA) is 103 Å². The summed E-state index contributed by atoms with van der Waals surface area (Å²) in [6, 6.07) is 0. The van der Waals surface area contributed by atoms with Crippen molar-refractivity contribution in [3.63, 3.8) is 0 Å². The smallest absolute Gasteiger partial charge is 0.324 e. The molecule has 0 aromatic rings. The first-order chi connectivity index (χ1) is 5.66. The number of rotatable bonds is 2. The summed E-state index contributed by atoms with van der Waals surface area (Å²) in [6.45, 7) is 1.99. The van der Waals surface area contributed by atoms with Gasteiger partial charge in [-0.1, -0.05) is 0 Å². The van der Waals surface area contributed by atoms with Crippen molar-refractivity contribution in [1.29, 1.82) is 0 Å². The monoisotopic (exact) mass is 170 g/mol. The first-order valence-electron chi connectivity index (χ1n) is 3.49. The summed E-state index contributed by atoms with van der Waals surface area (Å²) >= 11 is 0. The van der Waals surface area contributed by atoms with Gasteiger partial charge in [-0.05, 0) is 6.92 Å². The van der Waals surface area contributed by atoms with Crippen molar-refractivity contribution in [3.8, 4) is 0 Å². The van der Waals surface area contributed by atoms with Gasteiger partial charge in [0.1, 0.15) is 11.7 Å². The molecule has 0 saturated heterocycles. The number of nitrogens with two attached hydrogens (primary N) is 2. The van der Waals surface area contributed by atoms with Gasteiger partial charge >= 0.3 is 5.97 Å². The van der Waals surface area contributed by atoms with Crippen molar-refractivity contribution in [2.24, 2.45) is 27.6 Å². The Kier molecular flexibility index (Phi) is 2.27. The molecule has 0 atom stereocenters. The highest BCUT2D eigenvalue weighted by atomic mass is 16.5. The standard InChI is InChI=1S/C6H10N4O2/c1-2-12-6(11)3-4(7)9-10-5(3)8/h3H,2H2,1H3,(H2,7,9)(H2,8,10). The third-order valence-corrected chi connectivity index (χ3v) is 1.39. The van der Waals surface area contributed by atoms with Crippen molar-refractivity contribution in [1.82, 2.24) is 0 Å². The quantitative estimate of drug-likeness (QED) is 0.508. The van der Waals surface area contributed by atoms with E-state index in [1.54, 1.807) is 6.92 Å². The summed E-state index contributed by atoms with van der Waals surface area (Å²) in [5, 5.41) is 6.92. The Labute approximate surface area is 69.3 Å². The summed E-state index contributed by atoms with van der Waals surface area (Å²) < 4.78 is 4.71. The lowest BCUT2D eigenvalue weighted by atomic mass is 10.1. The Balaban J connectivity index is 2.68. The number of hydrogen-bond donors (Lipinski definition) is 2. The predicted molar refractivity (Wildman–Crippen MR) is 43.4 cm³/mol. The van der Waals surface area contributed by atoms with Gasteiger partial charge in [-0.25, -0.2) is 0 Å². The fraction of sp³-hybridized carbons (Fsp3) is 0.500. The van der Waals surface area contributed by atoms with Crippen molar-refractivity contribution in [2.75, 3.05) is 6.61 Å². The van der Waals surface area contributed by atoms with E-state index in [4.69, 9.17) is 16.2 Å². The fourth-order valence-electron chi connectivity index (χ4n) is 0.850. The number of hydrogen-bond acceptors (Lipinski definition) is 6. The molecule has 1 rings (SSSR count). The lowest BCUT2D eigenvalue weighted by Crippen LogP contribution is -2.38. The molecule has 0 saturated carbocycles. The SMILES string of the molecule is CCOC(=O)C1C(N)=NN=C1N. The lowest BCUT2D eigenvalue weighted by Gasteiger charge is -2.07. The normalized spacial score (nSPS) is 17.1. The minimum atomic E-state index is -0.787. The molecule has 0 amide bonds. The van der Waals surface area contributed by atoms with E-state index in [0.717, 1.165) is 0 Å². The molecule has 1 aliphatic heterocycles. The van der Waals surface area contributed by atoms with Crippen molar-refractivity contribution in [2.45, 2.75) is 6.92 Å². The van der Waals surface area contributed by atoms with E-state index in [0.29, 0.717) is 0 Å². The summed E-state index contributed by atoms with van der Waals surface area (Å²) in [5.41, 5.74) is 10.7. The molecule has 1 heterocycles. The Morgan fingerprint density at radius 2 is 2.00 bits per heavy atom. The Morgan fingerprint density at radius 1 is 1.50 bits per heavy atom. The van der Waals surface area contributed by atoms with E-state index in [-0.39, 0.29) is 18.3 Å².